The van der Waals surface area contributed by atoms with Crippen molar-refractivity contribution in [2.75, 3.05) is 0 Å². The van der Waals surface area contributed by atoms with Crippen LogP contribution < -0.4 is 5.73 Å². The monoisotopic (exact) mass is 262 g/mol. The Labute approximate surface area is 111 Å². The fourth-order valence-electron chi connectivity index (χ4n) is 2.51. The molecule has 2 atom stereocenters. The summed E-state index contributed by atoms with van der Waals surface area (Å²) in [4.78, 5) is 0. The second-order valence-corrected chi connectivity index (χ2v) is 5.38. The van der Waals surface area contributed by atoms with Gasteiger partial charge in [-0.3, -0.25) is 0 Å². The first-order chi connectivity index (χ1) is 8.65. The Morgan fingerprint density at radius 1 is 1.28 bits per heavy atom. The zero-order chi connectivity index (χ0) is 12.7. The van der Waals surface area contributed by atoms with Crippen molar-refractivity contribution in [2.45, 2.75) is 25.9 Å². The number of rotatable bonds is 1. The van der Waals surface area contributed by atoms with Gasteiger partial charge in [0.2, 0.25) is 0 Å². The minimum atomic E-state index is -0.0118. The van der Waals surface area contributed by atoms with Crippen LogP contribution >= 0.6 is 11.6 Å². The third-order valence-corrected chi connectivity index (χ3v) is 3.62. The van der Waals surface area contributed by atoms with Gasteiger partial charge in [-0.05, 0) is 36.6 Å². The number of halogens is 1. The van der Waals surface area contributed by atoms with Crippen molar-refractivity contribution in [1.82, 2.24) is 14.8 Å². The summed E-state index contributed by atoms with van der Waals surface area (Å²) in [5, 5.41) is 9.22. The number of nitrogens with two attached hydrogens (primary N) is 1. The topological polar surface area (TPSA) is 56.7 Å². The number of benzene rings is 1. The predicted molar refractivity (Wildman–Crippen MR) is 71.2 cm³/mol. The standard InChI is InChI=1S/C13H15ClN4/c1-8-6-11(15)13-17-16-12(18(13)7-8)9-2-4-10(14)5-3-9/h2-5,8,11H,6-7,15H2,1H3. The van der Waals surface area contributed by atoms with E-state index >= 15 is 0 Å². The van der Waals surface area contributed by atoms with Crippen LogP contribution in [0.3, 0.4) is 0 Å². The van der Waals surface area contributed by atoms with Crippen molar-refractivity contribution >= 4 is 11.6 Å². The third-order valence-electron chi connectivity index (χ3n) is 3.36. The molecule has 1 aromatic heterocycles. The second kappa shape index (κ2) is 4.37. The van der Waals surface area contributed by atoms with E-state index in [9.17, 15) is 0 Å². The molecule has 0 saturated carbocycles. The van der Waals surface area contributed by atoms with Gasteiger partial charge in [-0.25, -0.2) is 0 Å². The maximum atomic E-state index is 6.11. The summed E-state index contributed by atoms with van der Waals surface area (Å²) >= 11 is 5.90. The van der Waals surface area contributed by atoms with Crippen LogP contribution in [-0.4, -0.2) is 14.8 Å². The smallest absolute Gasteiger partial charge is 0.164 e. The predicted octanol–water partition coefficient (Wildman–Crippen LogP) is 2.64. The van der Waals surface area contributed by atoms with Crippen molar-refractivity contribution in [3.8, 4) is 11.4 Å². The van der Waals surface area contributed by atoms with E-state index in [2.05, 4.69) is 21.7 Å². The van der Waals surface area contributed by atoms with Crippen LogP contribution in [-0.2, 0) is 6.54 Å². The molecule has 1 aliphatic heterocycles. The Morgan fingerprint density at radius 3 is 2.72 bits per heavy atom. The van der Waals surface area contributed by atoms with E-state index < -0.39 is 0 Å². The molecule has 2 N–H and O–H groups in total. The number of aromatic nitrogens is 3. The first-order valence-electron chi connectivity index (χ1n) is 6.10. The number of fused-ring (bicyclic) bond motifs is 1. The van der Waals surface area contributed by atoms with Gasteiger partial charge in [0.25, 0.3) is 0 Å². The van der Waals surface area contributed by atoms with Gasteiger partial charge in [0.15, 0.2) is 5.82 Å². The highest BCUT2D eigenvalue weighted by molar-refractivity contribution is 6.30. The highest BCUT2D eigenvalue weighted by Crippen LogP contribution is 2.30. The Balaban J connectivity index is 2.06. The van der Waals surface area contributed by atoms with Gasteiger partial charge in [0, 0.05) is 17.1 Å². The lowest BCUT2D eigenvalue weighted by Crippen LogP contribution is -2.27. The maximum Gasteiger partial charge on any atom is 0.164 e. The highest BCUT2D eigenvalue weighted by Gasteiger charge is 2.26. The number of nitrogens with zero attached hydrogens (tertiary/aromatic N) is 3. The van der Waals surface area contributed by atoms with E-state index in [0.29, 0.717) is 5.92 Å². The molecule has 0 saturated heterocycles. The van der Waals surface area contributed by atoms with Crippen LogP contribution in [0.2, 0.25) is 5.02 Å². The Morgan fingerprint density at radius 2 is 2.00 bits per heavy atom. The van der Waals surface area contributed by atoms with Crippen molar-refractivity contribution in [2.24, 2.45) is 11.7 Å². The van der Waals surface area contributed by atoms with Crippen LogP contribution in [0.5, 0.6) is 0 Å². The van der Waals surface area contributed by atoms with Crippen LogP contribution in [0.25, 0.3) is 11.4 Å². The molecule has 3 rings (SSSR count). The van der Waals surface area contributed by atoms with Crippen molar-refractivity contribution < 1.29 is 0 Å². The van der Waals surface area contributed by atoms with Gasteiger partial charge in [-0.1, -0.05) is 18.5 Å². The molecule has 5 heteroatoms. The van der Waals surface area contributed by atoms with Gasteiger partial charge in [-0.15, -0.1) is 10.2 Å². The van der Waals surface area contributed by atoms with Crippen LogP contribution in [0, 0.1) is 5.92 Å². The minimum absolute atomic E-state index is 0.0118. The zero-order valence-corrected chi connectivity index (χ0v) is 10.9. The van der Waals surface area contributed by atoms with Crippen LogP contribution in [0.15, 0.2) is 24.3 Å². The number of hydrogen-bond acceptors (Lipinski definition) is 3. The minimum Gasteiger partial charge on any atom is -0.321 e. The lowest BCUT2D eigenvalue weighted by Gasteiger charge is -2.25. The zero-order valence-electron chi connectivity index (χ0n) is 10.2. The van der Waals surface area contributed by atoms with E-state index in [1.165, 1.54) is 0 Å². The fraction of sp³-hybridized carbons (Fsp3) is 0.385. The summed E-state index contributed by atoms with van der Waals surface area (Å²) in [5.41, 5.74) is 7.14. The Kier molecular flexibility index (Phi) is 2.84. The molecular weight excluding hydrogens is 248 g/mol. The lowest BCUT2D eigenvalue weighted by atomic mass is 9.97. The summed E-state index contributed by atoms with van der Waals surface area (Å²) in [7, 11) is 0. The summed E-state index contributed by atoms with van der Waals surface area (Å²) in [6, 6.07) is 7.65. The Hall–Kier alpha value is -1.39. The molecule has 0 spiro atoms. The van der Waals surface area contributed by atoms with Gasteiger partial charge in [0.1, 0.15) is 5.82 Å². The molecule has 0 radical (unpaired) electrons. The van der Waals surface area contributed by atoms with Gasteiger partial charge >= 0.3 is 0 Å². The molecule has 2 aromatic rings. The average Bonchev–Trinajstić information content (AvgIpc) is 2.74. The summed E-state index contributed by atoms with van der Waals surface area (Å²) in [6.07, 6.45) is 0.971. The van der Waals surface area contributed by atoms with E-state index in [0.717, 1.165) is 35.2 Å². The van der Waals surface area contributed by atoms with Gasteiger partial charge in [-0.2, -0.15) is 0 Å². The SMILES string of the molecule is CC1CC(N)c2nnc(-c3ccc(Cl)cc3)n2C1. The van der Waals surface area contributed by atoms with E-state index in [1.807, 2.05) is 24.3 Å². The maximum absolute atomic E-state index is 6.11. The molecule has 1 aliphatic rings. The van der Waals surface area contributed by atoms with Crippen molar-refractivity contribution in [3.63, 3.8) is 0 Å². The molecule has 2 heterocycles. The molecule has 2 unspecified atom stereocenters. The quantitative estimate of drug-likeness (QED) is 0.860. The van der Waals surface area contributed by atoms with Crippen molar-refractivity contribution in [3.05, 3.63) is 35.1 Å². The van der Waals surface area contributed by atoms with Crippen LogP contribution in [0.1, 0.15) is 25.2 Å². The van der Waals surface area contributed by atoms with E-state index in [4.69, 9.17) is 17.3 Å². The highest BCUT2D eigenvalue weighted by atomic mass is 35.5. The first-order valence-corrected chi connectivity index (χ1v) is 6.47. The fourth-order valence-corrected chi connectivity index (χ4v) is 2.63. The molecule has 94 valence electrons. The molecule has 18 heavy (non-hydrogen) atoms. The molecule has 0 aliphatic carbocycles. The third kappa shape index (κ3) is 1.91. The van der Waals surface area contributed by atoms with Gasteiger partial charge < -0.3 is 10.3 Å². The molecule has 0 bridgehead atoms. The molecule has 4 nitrogen and oxygen atoms in total. The van der Waals surface area contributed by atoms with Crippen LogP contribution in [0.4, 0.5) is 0 Å². The molecule has 0 amide bonds. The Bertz CT molecular complexity index is 561. The second-order valence-electron chi connectivity index (χ2n) is 4.95. The van der Waals surface area contributed by atoms with E-state index in [-0.39, 0.29) is 6.04 Å². The summed E-state index contributed by atoms with van der Waals surface area (Å²) in [6.45, 7) is 3.13. The largest absolute Gasteiger partial charge is 0.321 e. The van der Waals surface area contributed by atoms with Crippen molar-refractivity contribution in [1.29, 1.82) is 0 Å². The number of hydrogen-bond donors (Lipinski definition) is 1. The molecule has 1 aromatic carbocycles. The lowest BCUT2D eigenvalue weighted by molar-refractivity contribution is 0.348. The first kappa shape index (κ1) is 11.7. The molecule has 0 fully saturated rings. The van der Waals surface area contributed by atoms with E-state index in [1.54, 1.807) is 0 Å². The average molecular weight is 263 g/mol. The normalized spacial score (nSPS) is 22.8. The summed E-state index contributed by atoms with van der Waals surface area (Å²) in [5.74, 6) is 2.32. The summed E-state index contributed by atoms with van der Waals surface area (Å²) < 4.78 is 2.13. The van der Waals surface area contributed by atoms with Gasteiger partial charge in [0.05, 0.1) is 6.04 Å². The molecular formula is C13H15ClN4.